The highest BCUT2D eigenvalue weighted by atomic mass is 35.5. The summed E-state index contributed by atoms with van der Waals surface area (Å²) in [5, 5.41) is 3.11. The number of piperidine rings is 1. The zero-order valence-corrected chi connectivity index (χ0v) is 17.6. The van der Waals surface area contributed by atoms with Crippen molar-refractivity contribution in [2.24, 2.45) is 5.92 Å². The summed E-state index contributed by atoms with van der Waals surface area (Å²) in [6.45, 7) is 3.08. The van der Waals surface area contributed by atoms with E-state index in [0.717, 1.165) is 0 Å². The highest BCUT2D eigenvalue weighted by molar-refractivity contribution is 7.89. The van der Waals surface area contributed by atoms with Gasteiger partial charge in [-0.15, -0.1) is 0 Å². The third-order valence-electron chi connectivity index (χ3n) is 5.00. The molecule has 2 N–H and O–H groups in total. The Balaban J connectivity index is 1.50. The molecule has 1 aliphatic heterocycles. The number of amides is 2. The van der Waals surface area contributed by atoms with Gasteiger partial charge in [0.25, 0.3) is 0 Å². The molecular weight excluding hydrogens is 417 g/mol. The molecule has 0 aliphatic carbocycles. The fourth-order valence-electron chi connectivity index (χ4n) is 3.24. The maximum Gasteiger partial charge on any atom is 0.321 e. The average molecular weight is 440 g/mol. The first-order valence-electron chi connectivity index (χ1n) is 9.32. The van der Waals surface area contributed by atoms with Crippen LogP contribution in [0.25, 0.3) is 0 Å². The summed E-state index contributed by atoms with van der Waals surface area (Å²) in [6, 6.07) is 10.1. The fraction of sp³-hybridized carbons (Fsp3) is 0.350. The number of halogens is 2. The molecule has 2 aromatic rings. The number of hydrogen-bond donors (Lipinski definition) is 2. The van der Waals surface area contributed by atoms with Gasteiger partial charge in [-0.05, 0) is 67.6 Å². The number of nitrogens with one attached hydrogen (secondary N) is 2. The standard InChI is InChI=1S/C20H23ClFN3O3S/c1-14-2-3-16(21)12-19(14)29(27,28)23-13-15-8-10-25(11-9-15)20(26)24-18-6-4-17(22)5-7-18/h2-7,12,15,23H,8-11,13H2,1H3,(H,24,26). The Hall–Kier alpha value is -2.16. The van der Waals surface area contributed by atoms with Crippen molar-refractivity contribution in [3.05, 3.63) is 58.9 Å². The first-order valence-corrected chi connectivity index (χ1v) is 11.2. The summed E-state index contributed by atoms with van der Waals surface area (Å²) in [7, 11) is -3.64. The zero-order valence-electron chi connectivity index (χ0n) is 16.0. The van der Waals surface area contributed by atoms with Crippen LogP contribution in [0, 0.1) is 18.7 Å². The molecule has 2 amide bonds. The van der Waals surface area contributed by atoms with E-state index in [1.807, 2.05) is 0 Å². The van der Waals surface area contributed by atoms with Crippen LogP contribution in [-0.2, 0) is 10.0 Å². The molecule has 0 atom stereocenters. The van der Waals surface area contributed by atoms with E-state index in [9.17, 15) is 17.6 Å². The summed E-state index contributed by atoms with van der Waals surface area (Å²) >= 11 is 5.93. The summed E-state index contributed by atoms with van der Waals surface area (Å²) in [4.78, 5) is 14.2. The fourth-order valence-corrected chi connectivity index (χ4v) is 4.87. The number of nitrogens with zero attached hydrogens (tertiary/aromatic N) is 1. The van der Waals surface area contributed by atoms with Crippen molar-refractivity contribution >= 4 is 33.3 Å². The predicted molar refractivity (Wildman–Crippen MR) is 111 cm³/mol. The van der Waals surface area contributed by atoms with E-state index in [-0.39, 0.29) is 22.7 Å². The van der Waals surface area contributed by atoms with Gasteiger partial charge in [0.1, 0.15) is 5.82 Å². The van der Waals surface area contributed by atoms with E-state index in [2.05, 4.69) is 10.0 Å². The second-order valence-corrected chi connectivity index (χ2v) is 9.30. The Morgan fingerprint density at radius 3 is 2.48 bits per heavy atom. The molecule has 29 heavy (non-hydrogen) atoms. The van der Waals surface area contributed by atoms with E-state index in [1.165, 1.54) is 30.3 Å². The van der Waals surface area contributed by atoms with Gasteiger partial charge in [0.05, 0.1) is 4.90 Å². The lowest BCUT2D eigenvalue weighted by molar-refractivity contribution is 0.183. The van der Waals surface area contributed by atoms with Gasteiger partial charge >= 0.3 is 6.03 Å². The topological polar surface area (TPSA) is 78.5 Å². The van der Waals surface area contributed by atoms with Gasteiger partial charge in [0.15, 0.2) is 0 Å². The first kappa shape index (κ1) is 21.5. The van der Waals surface area contributed by atoms with Crippen LogP contribution in [0.15, 0.2) is 47.4 Å². The Bertz CT molecular complexity index is 975. The third kappa shape index (κ3) is 5.68. The molecular formula is C20H23ClFN3O3S. The van der Waals surface area contributed by atoms with E-state index in [4.69, 9.17) is 11.6 Å². The quantitative estimate of drug-likeness (QED) is 0.738. The molecule has 0 unspecified atom stereocenters. The van der Waals surface area contributed by atoms with Crippen LogP contribution in [0.3, 0.4) is 0 Å². The molecule has 1 saturated heterocycles. The van der Waals surface area contributed by atoms with Crippen LogP contribution in [0.2, 0.25) is 5.02 Å². The lowest BCUT2D eigenvalue weighted by Crippen LogP contribution is -2.43. The van der Waals surface area contributed by atoms with Gasteiger partial charge in [0.2, 0.25) is 10.0 Å². The molecule has 1 aliphatic rings. The number of likely N-dealkylation sites (tertiary alicyclic amines) is 1. The number of benzene rings is 2. The maximum absolute atomic E-state index is 12.9. The van der Waals surface area contributed by atoms with Crippen molar-refractivity contribution in [2.45, 2.75) is 24.7 Å². The zero-order chi connectivity index (χ0) is 21.0. The Morgan fingerprint density at radius 2 is 1.83 bits per heavy atom. The highest BCUT2D eigenvalue weighted by Crippen LogP contribution is 2.22. The van der Waals surface area contributed by atoms with Crippen molar-refractivity contribution in [2.75, 3.05) is 25.0 Å². The van der Waals surface area contributed by atoms with Gasteiger partial charge in [-0.1, -0.05) is 17.7 Å². The van der Waals surface area contributed by atoms with Crippen LogP contribution >= 0.6 is 11.6 Å². The number of rotatable bonds is 5. The number of carbonyl (C=O) groups excluding carboxylic acids is 1. The first-order chi connectivity index (χ1) is 13.7. The molecule has 3 rings (SSSR count). The molecule has 0 spiro atoms. The highest BCUT2D eigenvalue weighted by Gasteiger charge is 2.25. The molecule has 2 aromatic carbocycles. The molecule has 1 fully saturated rings. The van der Waals surface area contributed by atoms with E-state index in [1.54, 1.807) is 24.0 Å². The number of aryl methyl sites for hydroxylation is 1. The van der Waals surface area contributed by atoms with Gasteiger partial charge in [-0.25, -0.2) is 22.3 Å². The lowest BCUT2D eigenvalue weighted by Gasteiger charge is -2.32. The Labute approximate surface area is 175 Å². The van der Waals surface area contributed by atoms with E-state index < -0.39 is 10.0 Å². The van der Waals surface area contributed by atoms with Crippen LogP contribution in [0.5, 0.6) is 0 Å². The number of sulfonamides is 1. The molecule has 1 heterocycles. The summed E-state index contributed by atoms with van der Waals surface area (Å²) < 4.78 is 40.8. The minimum absolute atomic E-state index is 0.138. The monoisotopic (exact) mass is 439 g/mol. The van der Waals surface area contributed by atoms with Crippen molar-refractivity contribution in [1.82, 2.24) is 9.62 Å². The minimum atomic E-state index is -3.64. The molecule has 9 heteroatoms. The van der Waals surface area contributed by atoms with Crippen LogP contribution in [0.1, 0.15) is 18.4 Å². The molecule has 0 radical (unpaired) electrons. The average Bonchev–Trinajstić information content (AvgIpc) is 2.70. The molecule has 0 aromatic heterocycles. The second kappa shape index (κ2) is 9.11. The summed E-state index contributed by atoms with van der Waals surface area (Å²) in [5.41, 5.74) is 1.16. The van der Waals surface area contributed by atoms with Gasteiger partial charge < -0.3 is 10.2 Å². The molecule has 156 valence electrons. The maximum atomic E-state index is 12.9. The van der Waals surface area contributed by atoms with Crippen molar-refractivity contribution in [3.63, 3.8) is 0 Å². The molecule has 6 nitrogen and oxygen atoms in total. The summed E-state index contributed by atoms with van der Waals surface area (Å²) in [5.74, 6) is -0.224. The number of urea groups is 1. The number of hydrogen-bond acceptors (Lipinski definition) is 3. The number of anilines is 1. The lowest BCUT2D eigenvalue weighted by atomic mass is 9.97. The minimum Gasteiger partial charge on any atom is -0.325 e. The van der Waals surface area contributed by atoms with Crippen LogP contribution < -0.4 is 10.0 Å². The van der Waals surface area contributed by atoms with Gasteiger partial charge in [-0.2, -0.15) is 0 Å². The van der Waals surface area contributed by atoms with Crippen LogP contribution in [0.4, 0.5) is 14.9 Å². The van der Waals surface area contributed by atoms with Crippen LogP contribution in [-0.4, -0.2) is 39.0 Å². The molecule has 0 bridgehead atoms. The van der Waals surface area contributed by atoms with E-state index >= 15 is 0 Å². The van der Waals surface area contributed by atoms with Gasteiger partial charge in [0, 0.05) is 30.3 Å². The molecule has 0 saturated carbocycles. The second-order valence-electron chi connectivity index (χ2n) is 7.13. The number of carbonyl (C=O) groups is 1. The van der Waals surface area contributed by atoms with E-state index in [0.29, 0.717) is 48.7 Å². The Morgan fingerprint density at radius 1 is 1.17 bits per heavy atom. The van der Waals surface area contributed by atoms with Gasteiger partial charge in [-0.3, -0.25) is 0 Å². The SMILES string of the molecule is Cc1ccc(Cl)cc1S(=O)(=O)NCC1CCN(C(=O)Nc2ccc(F)cc2)CC1. The van der Waals surface area contributed by atoms with Crippen molar-refractivity contribution in [3.8, 4) is 0 Å². The Kier molecular flexibility index (Phi) is 6.77. The predicted octanol–water partition coefficient (Wildman–Crippen LogP) is 4.01. The van der Waals surface area contributed by atoms with Crippen molar-refractivity contribution < 1.29 is 17.6 Å². The van der Waals surface area contributed by atoms with Crippen molar-refractivity contribution in [1.29, 1.82) is 0 Å². The third-order valence-corrected chi connectivity index (χ3v) is 6.80. The summed E-state index contributed by atoms with van der Waals surface area (Å²) in [6.07, 6.45) is 1.38. The normalized spacial score (nSPS) is 15.3. The smallest absolute Gasteiger partial charge is 0.321 e. The largest absolute Gasteiger partial charge is 0.325 e.